The van der Waals surface area contributed by atoms with Gasteiger partial charge >= 0.3 is 0 Å². The van der Waals surface area contributed by atoms with Crippen LogP contribution in [0.4, 0.5) is 17.6 Å². The zero-order valence-corrected chi connectivity index (χ0v) is 17.2. The van der Waals surface area contributed by atoms with Gasteiger partial charge in [-0.05, 0) is 51.2 Å². The average Bonchev–Trinajstić information content (AvgIpc) is 2.96. The van der Waals surface area contributed by atoms with Gasteiger partial charge in [0.25, 0.3) is 0 Å². The third kappa shape index (κ3) is 5.54. The van der Waals surface area contributed by atoms with Crippen LogP contribution in [0.1, 0.15) is 51.9 Å². The molecular weight excluding hydrogens is 356 g/mol. The molecule has 3 rings (SSSR count). The van der Waals surface area contributed by atoms with E-state index >= 15 is 0 Å². The highest BCUT2D eigenvalue weighted by Gasteiger charge is 2.22. The van der Waals surface area contributed by atoms with E-state index in [1.165, 1.54) is 44.9 Å². The molecule has 2 aliphatic rings. The fourth-order valence-corrected chi connectivity index (χ4v) is 4.01. The Morgan fingerprint density at radius 3 is 2.56 bits per heavy atom. The summed E-state index contributed by atoms with van der Waals surface area (Å²) in [5.74, 6) is 2.59. The minimum atomic E-state index is 0.504. The highest BCUT2D eigenvalue weighted by Crippen LogP contribution is 2.28. The highest BCUT2D eigenvalue weighted by molar-refractivity contribution is 7.80. The fourth-order valence-electron chi connectivity index (χ4n) is 3.84. The molecule has 1 aromatic rings. The zero-order valence-electron chi connectivity index (χ0n) is 16.4. The predicted octanol–water partition coefficient (Wildman–Crippen LogP) is 3.71. The predicted molar refractivity (Wildman–Crippen MR) is 118 cm³/mol. The molecule has 0 bridgehead atoms. The first kappa shape index (κ1) is 19.9. The molecule has 6 nitrogen and oxygen atoms in total. The molecule has 3 heterocycles. The lowest BCUT2D eigenvalue weighted by Gasteiger charge is -2.35. The Morgan fingerprint density at radius 2 is 1.85 bits per heavy atom. The van der Waals surface area contributed by atoms with E-state index in [9.17, 15) is 0 Å². The van der Waals surface area contributed by atoms with E-state index in [1.54, 1.807) is 6.08 Å². The molecule has 0 spiro atoms. The minimum absolute atomic E-state index is 0.504. The lowest BCUT2D eigenvalue weighted by atomic mass is 10.0. The first-order chi connectivity index (χ1) is 13.2. The van der Waals surface area contributed by atoms with Gasteiger partial charge in [0.05, 0.1) is 0 Å². The Bertz CT molecular complexity index is 641. The number of piperidine rings is 1. The van der Waals surface area contributed by atoms with Gasteiger partial charge in [-0.2, -0.15) is 9.97 Å². The first-order valence-corrected chi connectivity index (χ1v) is 10.6. The molecular formula is C20H32N6S. The van der Waals surface area contributed by atoms with E-state index in [2.05, 4.69) is 40.0 Å². The molecule has 2 saturated heterocycles. The van der Waals surface area contributed by atoms with Crippen LogP contribution in [0.3, 0.4) is 0 Å². The second-order valence-electron chi connectivity index (χ2n) is 7.47. The molecule has 0 saturated carbocycles. The van der Waals surface area contributed by atoms with Crippen molar-refractivity contribution in [1.29, 1.82) is 0 Å². The number of nitrogens with zero attached hydrogens (tertiary/aromatic N) is 4. The number of thiocarbonyl (C=S) groups is 1. The average molecular weight is 389 g/mol. The van der Waals surface area contributed by atoms with E-state index in [0.29, 0.717) is 23.6 Å². The van der Waals surface area contributed by atoms with Crippen LogP contribution in [0.2, 0.25) is 0 Å². The molecule has 0 aliphatic carbocycles. The van der Waals surface area contributed by atoms with Crippen molar-refractivity contribution in [3.05, 3.63) is 18.7 Å². The van der Waals surface area contributed by atoms with E-state index < -0.39 is 0 Å². The van der Waals surface area contributed by atoms with Crippen molar-refractivity contribution in [3.63, 3.8) is 0 Å². The standard InChI is InChI=1S/C20H32N6S/c1-3-11-21-20(27)24-19-22-17(25-12-7-4-5-8-13-25)15-18(23-19)26-14-9-6-10-16(26)2/h3,15-16H,1,4-14H2,2H3,(H2,21,22,23,24,27)/t16-/m0/s1. The van der Waals surface area contributed by atoms with Gasteiger partial charge in [-0.3, -0.25) is 0 Å². The Labute approximate surface area is 168 Å². The maximum absolute atomic E-state index is 5.37. The van der Waals surface area contributed by atoms with Crippen LogP contribution in [0.25, 0.3) is 0 Å². The number of hydrogen-bond acceptors (Lipinski definition) is 5. The van der Waals surface area contributed by atoms with Gasteiger partial charge in [-0.1, -0.05) is 18.9 Å². The molecule has 1 aromatic heterocycles. The molecule has 0 unspecified atom stereocenters. The number of aromatic nitrogens is 2. The molecule has 2 fully saturated rings. The van der Waals surface area contributed by atoms with Gasteiger partial charge in [0.15, 0.2) is 5.11 Å². The van der Waals surface area contributed by atoms with Crippen LogP contribution in [-0.4, -0.2) is 47.3 Å². The van der Waals surface area contributed by atoms with Crippen molar-refractivity contribution in [1.82, 2.24) is 15.3 Å². The van der Waals surface area contributed by atoms with Crippen molar-refractivity contribution >= 4 is 34.9 Å². The normalized spacial score (nSPS) is 20.7. The lowest BCUT2D eigenvalue weighted by molar-refractivity contribution is 0.481. The number of hydrogen-bond donors (Lipinski definition) is 2. The number of nitrogens with one attached hydrogen (secondary N) is 2. The Hall–Kier alpha value is -1.89. The molecule has 7 heteroatoms. The van der Waals surface area contributed by atoms with Crippen molar-refractivity contribution in [2.24, 2.45) is 0 Å². The van der Waals surface area contributed by atoms with Crippen LogP contribution in [0.5, 0.6) is 0 Å². The van der Waals surface area contributed by atoms with Crippen LogP contribution >= 0.6 is 12.2 Å². The van der Waals surface area contributed by atoms with Crippen molar-refractivity contribution in [2.75, 3.05) is 41.3 Å². The van der Waals surface area contributed by atoms with Gasteiger partial charge in [0.1, 0.15) is 11.6 Å². The van der Waals surface area contributed by atoms with E-state index in [4.69, 9.17) is 22.2 Å². The third-order valence-electron chi connectivity index (χ3n) is 5.36. The van der Waals surface area contributed by atoms with E-state index in [1.807, 2.05) is 0 Å². The Morgan fingerprint density at radius 1 is 1.15 bits per heavy atom. The maximum atomic E-state index is 5.37. The highest BCUT2D eigenvalue weighted by atomic mass is 32.1. The number of rotatable bonds is 5. The van der Waals surface area contributed by atoms with Crippen molar-refractivity contribution in [2.45, 2.75) is 57.9 Å². The summed E-state index contributed by atoms with van der Waals surface area (Å²) in [7, 11) is 0. The smallest absolute Gasteiger partial charge is 0.232 e. The Kier molecular flexibility index (Phi) is 7.26. The van der Waals surface area contributed by atoms with Crippen molar-refractivity contribution < 1.29 is 0 Å². The van der Waals surface area contributed by atoms with Gasteiger partial charge in [0.2, 0.25) is 5.95 Å². The fraction of sp³-hybridized carbons (Fsp3) is 0.650. The quantitative estimate of drug-likeness (QED) is 0.589. The molecule has 2 aliphatic heterocycles. The molecule has 2 N–H and O–H groups in total. The van der Waals surface area contributed by atoms with Gasteiger partial charge in [0, 0.05) is 38.3 Å². The summed E-state index contributed by atoms with van der Waals surface area (Å²) < 4.78 is 0. The zero-order chi connectivity index (χ0) is 19.1. The molecule has 1 atom stereocenters. The SMILES string of the molecule is C=CCNC(=S)Nc1nc(N2CCCCCC2)cc(N2CCCC[C@@H]2C)n1. The van der Waals surface area contributed by atoms with Crippen LogP contribution in [0.15, 0.2) is 18.7 Å². The summed E-state index contributed by atoms with van der Waals surface area (Å²) in [6, 6.07) is 2.67. The Balaban J connectivity index is 1.86. The summed E-state index contributed by atoms with van der Waals surface area (Å²) in [6.45, 7) is 9.79. The van der Waals surface area contributed by atoms with Crippen molar-refractivity contribution in [3.8, 4) is 0 Å². The second kappa shape index (κ2) is 9.88. The monoisotopic (exact) mass is 388 g/mol. The first-order valence-electron chi connectivity index (χ1n) is 10.2. The van der Waals surface area contributed by atoms with Gasteiger partial charge < -0.3 is 20.4 Å². The lowest BCUT2D eigenvalue weighted by Crippen LogP contribution is -2.38. The van der Waals surface area contributed by atoms with Crippen LogP contribution in [0, 0.1) is 0 Å². The molecule has 0 aromatic carbocycles. The topological polar surface area (TPSA) is 56.3 Å². The largest absolute Gasteiger partial charge is 0.359 e. The van der Waals surface area contributed by atoms with Crippen LogP contribution in [-0.2, 0) is 0 Å². The molecule has 27 heavy (non-hydrogen) atoms. The third-order valence-corrected chi connectivity index (χ3v) is 5.61. The van der Waals surface area contributed by atoms with Gasteiger partial charge in [-0.15, -0.1) is 6.58 Å². The summed E-state index contributed by atoms with van der Waals surface area (Å²) in [6.07, 6.45) is 10.6. The summed E-state index contributed by atoms with van der Waals surface area (Å²) in [4.78, 5) is 14.4. The molecule has 148 valence electrons. The van der Waals surface area contributed by atoms with Gasteiger partial charge in [-0.25, -0.2) is 0 Å². The van der Waals surface area contributed by atoms with E-state index in [-0.39, 0.29) is 0 Å². The molecule has 0 radical (unpaired) electrons. The number of anilines is 3. The second-order valence-corrected chi connectivity index (χ2v) is 7.88. The minimum Gasteiger partial charge on any atom is -0.359 e. The summed E-state index contributed by atoms with van der Waals surface area (Å²) in [5, 5.41) is 6.78. The summed E-state index contributed by atoms with van der Waals surface area (Å²) >= 11 is 5.37. The maximum Gasteiger partial charge on any atom is 0.232 e. The van der Waals surface area contributed by atoms with E-state index in [0.717, 1.165) is 31.3 Å². The molecule has 0 amide bonds. The summed E-state index contributed by atoms with van der Waals surface area (Å²) in [5.41, 5.74) is 0. The van der Waals surface area contributed by atoms with Crippen LogP contribution < -0.4 is 20.4 Å².